The van der Waals surface area contributed by atoms with Crippen molar-refractivity contribution >= 4 is 32.4 Å². The second-order valence-electron chi connectivity index (χ2n) is 7.90. The monoisotopic (exact) mass is 470 g/mol. The Hall–Kier alpha value is -2.59. The quantitative estimate of drug-likeness (QED) is 0.567. The fourth-order valence-electron chi connectivity index (χ4n) is 3.81. The zero-order chi connectivity index (χ0) is 22.7. The predicted octanol–water partition coefficient (Wildman–Crippen LogP) is 3.84. The summed E-state index contributed by atoms with van der Waals surface area (Å²) in [6.07, 6.45) is 2.19. The number of sulfonamides is 1. The van der Waals surface area contributed by atoms with Crippen LogP contribution in [0.15, 0.2) is 64.9 Å². The van der Waals surface area contributed by atoms with Gasteiger partial charge in [0.25, 0.3) is 0 Å². The molecular formula is C23H26N4O3S2. The van der Waals surface area contributed by atoms with Crippen LogP contribution in [0.2, 0.25) is 0 Å². The summed E-state index contributed by atoms with van der Waals surface area (Å²) < 4.78 is 25.7. The lowest BCUT2D eigenvalue weighted by atomic mass is 10.0. The highest BCUT2D eigenvalue weighted by molar-refractivity contribution is 7.89. The fraction of sp³-hybridized carbons (Fsp3) is 0.304. The van der Waals surface area contributed by atoms with Crippen molar-refractivity contribution in [3.63, 3.8) is 0 Å². The van der Waals surface area contributed by atoms with Crippen molar-refractivity contribution in [3.05, 3.63) is 65.5 Å². The molecule has 1 N–H and O–H groups in total. The normalized spacial score (nSPS) is 15.7. The van der Waals surface area contributed by atoms with Crippen LogP contribution in [0.25, 0.3) is 11.3 Å². The van der Waals surface area contributed by atoms with Crippen LogP contribution in [-0.4, -0.2) is 55.7 Å². The van der Waals surface area contributed by atoms with E-state index in [-0.39, 0.29) is 16.8 Å². The highest BCUT2D eigenvalue weighted by atomic mass is 32.2. The number of rotatable bonds is 7. The van der Waals surface area contributed by atoms with Gasteiger partial charge in [-0.2, -0.15) is 0 Å². The number of nitrogens with one attached hydrogen (secondary N) is 1. The van der Waals surface area contributed by atoms with E-state index in [9.17, 15) is 13.2 Å². The first-order chi connectivity index (χ1) is 15.4. The van der Waals surface area contributed by atoms with Crippen LogP contribution in [-0.2, 0) is 14.8 Å². The Balaban J connectivity index is 1.51. The van der Waals surface area contributed by atoms with Crippen LogP contribution in [0.4, 0.5) is 5.13 Å². The number of nitrogens with zero attached hydrogens (tertiary/aromatic N) is 3. The zero-order valence-electron chi connectivity index (χ0n) is 18.1. The molecule has 0 spiro atoms. The van der Waals surface area contributed by atoms with Gasteiger partial charge in [0.2, 0.25) is 15.9 Å². The number of carbonyl (C=O) groups is 1. The van der Waals surface area contributed by atoms with E-state index < -0.39 is 10.0 Å². The maximum Gasteiger partial charge on any atom is 0.248 e. The molecule has 1 aromatic heterocycles. The number of thiazole rings is 1. The van der Waals surface area contributed by atoms with Gasteiger partial charge in [-0.05, 0) is 43.6 Å². The lowest BCUT2D eigenvalue weighted by Gasteiger charge is -2.26. The molecule has 1 saturated heterocycles. The fourth-order valence-corrected chi connectivity index (χ4v) is 5.43. The number of amides is 1. The van der Waals surface area contributed by atoms with Gasteiger partial charge in [-0.1, -0.05) is 42.5 Å². The van der Waals surface area contributed by atoms with Crippen LogP contribution < -0.4 is 5.32 Å². The van der Waals surface area contributed by atoms with E-state index in [0.29, 0.717) is 10.8 Å². The van der Waals surface area contributed by atoms with Gasteiger partial charge in [-0.25, -0.2) is 17.7 Å². The van der Waals surface area contributed by atoms with E-state index in [1.807, 2.05) is 35.7 Å². The van der Waals surface area contributed by atoms with Gasteiger partial charge in [-0.3, -0.25) is 9.69 Å². The largest absolute Gasteiger partial charge is 0.300 e. The number of anilines is 1. The van der Waals surface area contributed by atoms with E-state index in [4.69, 9.17) is 0 Å². The minimum Gasteiger partial charge on any atom is -0.300 e. The first kappa shape index (κ1) is 22.6. The van der Waals surface area contributed by atoms with Gasteiger partial charge in [0.05, 0.1) is 10.6 Å². The predicted molar refractivity (Wildman–Crippen MR) is 127 cm³/mol. The summed E-state index contributed by atoms with van der Waals surface area (Å²) in [5.74, 6) is -0.0913. The molecule has 1 atom stereocenters. The molecule has 9 heteroatoms. The standard InChI is InChI=1S/C23H26N4O3S2/c1-26(2)32(29,30)19-12-10-17(11-13-19)20-16-31-23(24-20)25-22(28)21(27-14-6-7-15-27)18-8-4-3-5-9-18/h3-5,8-13,16,21H,6-7,14-15H2,1-2H3,(H,24,25,28). The minimum atomic E-state index is -3.48. The molecule has 2 heterocycles. The Morgan fingerprint density at radius 2 is 1.72 bits per heavy atom. The number of hydrogen-bond acceptors (Lipinski definition) is 6. The van der Waals surface area contributed by atoms with Crippen molar-refractivity contribution in [1.82, 2.24) is 14.2 Å². The second kappa shape index (κ2) is 9.50. The Morgan fingerprint density at radius 1 is 1.06 bits per heavy atom. The van der Waals surface area contributed by atoms with E-state index >= 15 is 0 Å². The van der Waals surface area contributed by atoms with E-state index in [0.717, 1.165) is 37.1 Å². The van der Waals surface area contributed by atoms with Crippen LogP contribution >= 0.6 is 11.3 Å². The lowest BCUT2D eigenvalue weighted by molar-refractivity contribution is -0.121. The SMILES string of the molecule is CN(C)S(=O)(=O)c1ccc(-c2csc(NC(=O)C(c3ccccc3)N3CCCC3)n2)cc1. The second-order valence-corrected chi connectivity index (χ2v) is 10.9. The molecule has 0 bridgehead atoms. The summed E-state index contributed by atoms with van der Waals surface area (Å²) in [6, 6.07) is 16.1. The zero-order valence-corrected chi connectivity index (χ0v) is 19.7. The average Bonchev–Trinajstić information content (AvgIpc) is 3.47. The third kappa shape index (κ3) is 4.75. The molecule has 0 saturated carbocycles. The molecule has 4 rings (SSSR count). The van der Waals surface area contributed by atoms with E-state index in [1.54, 1.807) is 24.3 Å². The maximum absolute atomic E-state index is 13.2. The molecule has 7 nitrogen and oxygen atoms in total. The van der Waals surface area contributed by atoms with Gasteiger partial charge < -0.3 is 5.32 Å². The van der Waals surface area contributed by atoms with Crippen molar-refractivity contribution < 1.29 is 13.2 Å². The Kier molecular flexibility index (Phi) is 6.71. The van der Waals surface area contributed by atoms with Gasteiger partial charge in [-0.15, -0.1) is 11.3 Å². The number of hydrogen-bond donors (Lipinski definition) is 1. The molecule has 3 aromatic rings. The Labute approximate surface area is 192 Å². The molecule has 1 amide bonds. The minimum absolute atomic E-state index is 0.0913. The van der Waals surface area contributed by atoms with Crippen molar-refractivity contribution in [2.45, 2.75) is 23.8 Å². The summed E-state index contributed by atoms with van der Waals surface area (Å²) in [5, 5.41) is 5.37. The van der Waals surface area contributed by atoms with Crippen LogP contribution in [0.1, 0.15) is 24.4 Å². The third-order valence-electron chi connectivity index (χ3n) is 5.53. The summed E-state index contributed by atoms with van der Waals surface area (Å²) in [5.41, 5.74) is 2.46. The summed E-state index contributed by atoms with van der Waals surface area (Å²) in [6.45, 7) is 1.80. The van der Waals surface area contributed by atoms with Crippen LogP contribution in [0.5, 0.6) is 0 Å². The van der Waals surface area contributed by atoms with E-state index in [2.05, 4.69) is 15.2 Å². The number of aromatic nitrogens is 1. The van der Waals surface area contributed by atoms with Crippen molar-refractivity contribution in [2.75, 3.05) is 32.5 Å². The van der Waals surface area contributed by atoms with Gasteiger partial charge in [0.1, 0.15) is 6.04 Å². The van der Waals surface area contributed by atoms with Crippen LogP contribution in [0, 0.1) is 0 Å². The average molecular weight is 471 g/mol. The molecule has 1 fully saturated rings. The molecule has 1 unspecified atom stereocenters. The summed E-state index contributed by atoms with van der Waals surface area (Å²) >= 11 is 1.35. The Morgan fingerprint density at radius 3 is 2.34 bits per heavy atom. The topological polar surface area (TPSA) is 82.6 Å². The molecule has 1 aliphatic heterocycles. The number of benzene rings is 2. The molecule has 2 aromatic carbocycles. The highest BCUT2D eigenvalue weighted by Crippen LogP contribution is 2.30. The molecule has 32 heavy (non-hydrogen) atoms. The smallest absolute Gasteiger partial charge is 0.248 e. The van der Waals surface area contributed by atoms with Crippen molar-refractivity contribution in [3.8, 4) is 11.3 Å². The van der Waals surface area contributed by atoms with E-state index in [1.165, 1.54) is 29.7 Å². The first-order valence-corrected chi connectivity index (χ1v) is 12.8. The summed E-state index contributed by atoms with van der Waals surface area (Å²) in [4.78, 5) is 20.2. The van der Waals surface area contributed by atoms with Crippen molar-refractivity contribution in [1.29, 1.82) is 0 Å². The molecule has 168 valence electrons. The van der Waals surface area contributed by atoms with Gasteiger partial charge in [0, 0.05) is 25.0 Å². The van der Waals surface area contributed by atoms with Gasteiger partial charge >= 0.3 is 0 Å². The first-order valence-electron chi connectivity index (χ1n) is 10.4. The molecular weight excluding hydrogens is 444 g/mol. The molecule has 0 radical (unpaired) electrons. The highest BCUT2D eigenvalue weighted by Gasteiger charge is 2.30. The maximum atomic E-state index is 13.2. The third-order valence-corrected chi connectivity index (χ3v) is 8.12. The molecule has 0 aliphatic carbocycles. The Bertz CT molecular complexity index is 1170. The van der Waals surface area contributed by atoms with Crippen molar-refractivity contribution in [2.24, 2.45) is 0 Å². The lowest BCUT2D eigenvalue weighted by Crippen LogP contribution is -2.35. The summed E-state index contributed by atoms with van der Waals surface area (Å²) in [7, 11) is -0.470. The number of likely N-dealkylation sites (tertiary alicyclic amines) is 1. The molecule has 1 aliphatic rings. The number of carbonyl (C=O) groups excluding carboxylic acids is 1. The van der Waals surface area contributed by atoms with Gasteiger partial charge in [0.15, 0.2) is 5.13 Å². The van der Waals surface area contributed by atoms with Crippen LogP contribution in [0.3, 0.4) is 0 Å².